The monoisotopic (exact) mass is 238 g/mol. The van der Waals surface area contributed by atoms with Crippen LogP contribution in [0.2, 0.25) is 0 Å². The van der Waals surface area contributed by atoms with Crippen LogP contribution in [-0.2, 0) is 4.79 Å². The van der Waals surface area contributed by atoms with Gasteiger partial charge in [-0.05, 0) is 32.1 Å². The number of hydrogen-bond acceptors (Lipinski definition) is 3. The maximum absolute atomic E-state index is 12.2. The van der Waals surface area contributed by atoms with Gasteiger partial charge in [-0.15, -0.1) is 0 Å². The summed E-state index contributed by atoms with van der Waals surface area (Å²) in [6.07, 6.45) is 6.13. The summed E-state index contributed by atoms with van der Waals surface area (Å²) in [6, 6.07) is 0.582. The summed E-state index contributed by atoms with van der Waals surface area (Å²) in [6.45, 7) is 2.79. The molecule has 2 heterocycles. The first-order chi connectivity index (χ1) is 8.05. The molecule has 0 aromatic heterocycles. The van der Waals surface area contributed by atoms with Crippen molar-refractivity contribution in [2.45, 2.75) is 56.7 Å². The van der Waals surface area contributed by atoms with Crippen molar-refractivity contribution in [3.63, 3.8) is 0 Å². The van der Waals surface area contributed by atoms with Crippen LogP contribution >= 0.6 is 0 Å². The standard InChI is InChI=1S/C13H22N2O2/c1-13(17)7-15(8-13)12(16)11-6-9-4-2-3-5-10(9)14-11/h9-11,14,17H,2-8H2,1H3. The van der Waals surface area contributed by atoms with Crippen LogP contribution in [0, 0.1) is 5.92 Å². The average molecular weight is 238 g/mol. The third-order valence-electron chi connectivity index (χ3n) is 4.54. The summed E-state index contributed by atoms with van der Waals surface area (Å²) in [5.74, 6) is 0.908. The van der Waals surface area contributed by atoms with Gasteiger partial charge in [0.05, 0.1) is 24.7 Å². The van der Waals surface area contributed by atoms with Gasteiger partial charge in [0, 0.05) is 6.04 Å². The molecule has 96 valence electrons. The van der Waals surface area contributed by atoms with E-state index in [1.165, 1.54) is 25.7 Å². The van der Waals surface area contributed by atoms with Crippen molar-refractivity contribution in [1.29, 1.82) is 0 Å². The Balaban J connectivity index is 1.57. The van der Waals surface area contributed by atoms with E-state index in [4.69, 9.17) is 0 Å². The fourth-order valence-electron chi connectivity index (χ4n) is 3.66. The fourth-order valence-corrected chi connectivity index (χ4v) is 3.66. The van der Waals surface area contributed by atoms with E-state index >= 15 is 0 Å². The number of amides is 1. The molecule has 0 aromatic carbocycles. The number of aliphatic hydroxyl groups is 1. The first-order valence-corrected chi connectivity index (χ1v) is 6.82. The van der Waals surface area contributed by atoms with E-state index < -0.39 is 5.60 Å². The maximum Gasteiger partial charge on any atom is 0.239 e. The molecular weight excluding hydrogens is 216 g/mol. The predicted molar refractivity (Wildman–Crippen MR) is 64.5 cm³/mol. The van der Waals surface area contributed by atoms with Crippen LogP contribution in [0.25, 0.3) is 0 Å². The van der Waals surface area contributed by atoms with Crippen LogP contribution in [-0.4, -0.2) is 46.7 Å². The molecule has 2 saturated heterocycles. The zero-order chi connectivity index (χ0) is 12.0. The second-order valence-corrected chi connectivity index (χ2v) is 6.30. The molecule has 3 unspecified atom stereocenters. The zero-order valence-corrected chi connectivity index (χ0v) is 10.5. The SMILES string of the molecule is CC1(O)CN(C(=O)C2CC3CCCCC3N2)C1. The van der Waals surface area contributed by atoms with Gasteiger partial charge in [-0.3, -0.25) is 4.79 Å². The highest BCUT2D eigenvalue weighted by atomic mass is 16.3. The molecule has 2 aliphatic heterocycles. The van der Waals surface area contributed by atoms with Crippen LogP contribution in [0.5, 0.6) is 0 Å². The summed E-state index contributed by atoms with van der Waals surface area (Å²) >= 11 is 0. The molecule has 17 heavy (non-hydrogen) atoms. The van der Waals surface area contributed by atoms with Crippen molar-refractivity contribution < 1.29 is 9.90 Å². The first-order valence-electron chi connectivity index (χ1n) is 6.82. The summed E-state index contributed by atoms with van der Waals surface area (Å²) in [5.41, 5.74) is -0.652. The maximum atomic E-state index is 12.2. The molecule has 3 atom stereocenters. The summed E-state index contributed by atoms with van der Waals surface area (Å²) in [5, 5.41) is 13.2. The minimum absolute atomic E-state index is 0.0131. The summed E-state index contributed by atoms with van der Waals surface area (Å²) in [7, 11) is 0. The lowest BCUT2D eigenvalue weighted by molar-refractivity contribution is -0.154. The van der Waals surface area contributed by atoms with Crippen LogP contribution in [0.4, 0.5) is 0 Å². The van der Waals surface area contributed by atoms with Crippen LogP contribution in [0.15, 0.2) is 0 Å². The van der Waals surface area contributed by atoms with Crippen molar-refractivity contribution in [2.24, 2.45) is 5.92 Å². The molecule has 1 saturated carbocycles. The molecule has 0 bridgehead atoms. The molecule has 4 nitrogen and oxygen atoms in total. The number of carbonyl (C=O) groups is 1. The summed E-state index contributed by atoms with van der Waals surface area (Å²) < 4.78 is 0. The van der Waals surface area contributed by atoms with Gasteiger partial charge < -0.3 is 15.3 Å². The average Bonchev–Trinajstić information content (AvgIpc) is 2.68. The lowest BCUT2D eigenvalue weighted by Gasteiger charge is -2.45. The van der Waals surface area contributed by atoms with E-state index in [-0.39, 0.29) is 11.9 Å². The Bertz CT molecular complexity index is 307. The molecule has 3 aliphatic rings. The first kappa shape index (κ1) is 11.5. The van der Waals surface area contributed by atoms with Crippen molar-refractivity contribution in [3.8, 4) is 0 Å². The Kier molecular flexibility index (Phi) is 2.67. The van der Waals surface area contributed by atoms with Crippen molar-refractivity contribution in [2.75, 3.05) is 13.1 Å². The second kappa shape index (κ2) is 3.95. The fraction of sp³-hybridized carbons (Fsp3) is 0.923. The normalized spacial score (nSPS) is 39.6. The van der Waals surface area contributed by atoms with E-state index in [2.05, 4.69) is 5.32 Å². The smallest absolute Gasteiger partial charge is 0.239 e. The third kappa shape index (κ3) is 2.08. The quantitative estimate of drug-likeness (QED) is 0.699. The number of β-amino-alcohol motifs (C(OH)–C–C–N with tert-alkyl or cyclic N) is 1. The third-order valence-corrected chi connectivity index (χ3v) is 4.54. The van der Waals surface area contributed by atoms with Crippen LogP contribution in [0.3, 0.4) is 0 Å². The molecule has 4 heteroatoms. The van der Waals surface area contributed by atoms with Gasteiger partial charge in [0.2, 0.25) is 5.91 Å². The number of carbonyl (C=O) groups excluding carboxylic acids is 1. The Morgan fingerprint density at radius 1 is 1.35 bits per heavy atom. The van der Waals surface area contributed by atoms with E-state index in [0.29, 0.717) is 25.0 Å². The van der Waals surface area contributed by atoms with Crippen LogP contribution in [0.1, 0.15) is 39.0 Å². The molecule has 1 amide bonds. The van der Waals surface area contributed by atoms with Gasteiger partial charge in [0.1, 0.15) is 0 Å². The minimum Gasteiger partial charge on any atom is -0.386 e. The number of hydrogen-bond donors (Lipinski definition) is 2. The minimum atomic E-state index is -0.652. The molecule has 1 aliphatic carbocycles. The number of nitrogens with zero attached hydrogens (tertiary/aromatic N) is 1. The van der Waals surface area contributed by atoms with Gasteiger partial charge in [-0.1, -0.05) is 12.8 Å². The highest BCUT2D eigenvalue weighted by molar-refractivity contribution is 5.83. The zero-order valence-electron chi connectivity index (χ0n) is 10.5. The molecule has 0 radical (unpaired) electrons. The Morgan fingerprint density at radius 3 is 2.71 bits per heavy atom. The van der Waals surface area contributed by atoms with Gasteiger partial charge in [-0.2, -0.15) is 0 Å². The van der Waals surface area contributed by atoms with E-state index in [0.717, 1.165) is 6.42 Å². The molecule has 3 fully saturated rings. The number of rotatable bonds is 1. The molecule has 0 spiro atoms. The highest BCUT2D eigenvalue weighted by Gasteiger charge is 2.45. The van der Waals surface area contributed by atoms with Gasteiger partial charge in [-0.25, -0.2) is 0 Å². The summed E-state index contributed by atoms with van der Waals surface area (Å²) in [4.78, 5) is 14.0. The lowest BCUT2D eigenvalue weighted by atomic mass is 9.85. The Morgan fingerprint density at radius 2 is 2.06 bits per heavy atom. The highest BCUT2D eigenvalue weighted by Crippen LogP contribution is 2.34. The number of fused-ring (bicyclic) bond motifs is 1. The number of nitrogens with one attached hydrogen (secondary N) is 1. The molecule has 3 rings (SSSR count). The van der Waals surface area contributed by atoms with Crippen molar-refractivity contribution >= 4 is 5.91 Å². The van der Waals surface area contributed by atoms with Crippen LogP contribution < -0.4 is 5.32 Å². The Hall–Kier alpha value is -0.610. The largest absolute Gasteiger partial charge is 0.386 e. The Labute approximate surface area is 102 Å². The van der Waals surface area contributed by atoms with E-state index in [1.54, 1.807) is 11.8 Å². The molecular formula is C13H22N2O2. The predicted octanol–water partition coefficient (Wildman–Crippen LogP) is 0.500. The second-order valence-electron chi connectivity index (χ2n) is 6.30. The van der Waals surface area contributed by atoms with Gasteiger partial charge in [0.25, 0.3) is 0 Å². The number of likely N-dealkylation sites (tertiary alicyclic amines) is 1. The van der Waals surface area contributed by atoms with Crippen molar-refractivity contribution in [1.82, 2.24) is 10.2 Å². The van der Waals surface area contributed by atoms with Gasteiger partial charge in [0.15, 0.2) is 0 Å². The molecule has 0 aromatic rings. The lowest BCUT2D eigenvalue weighted by Crippen LogP contribution is -2.64. The van der Waals surface area contributed by atoms with E-state index in [1.807, 2.05) is 0 Å². The van der Waals surface area contributed by atoms with Crippen molar-refractivity contribution in [3.05, 3.63) is 0 Å². The topological polar surface area (TPSA) is 52.6 Å². The molecule has 2 N–H and O–H groups in total. The van der Waals surface area contributed by atoms with Gasteiger partial charge >= 0.3 is 0 Å². The van der Waals surface area contributed by atoms with E-state index in [9.17, 15) is 9.90 Å².